The van der Waals surface area contributed by atoms with Gasteiger partial charge < -0.3 is 10.1 Å². The van der Waals surface area contributed by atoms with Crippen molar-refractivity contribution >= 4 is 5.91 Å². The molecule has 0 aliphatic carbocycles. The van der Waals surface area contributed by atoms with Gasteiger partial charge in [-0.3, -0.25) is 9.48 Å². The Morgan fingerprint density at radius 1 is 1.38 bits per heavy atom. The minimum atomic E-state index is -0.0233. The first kappa shape index (κ1) is 15.0. The molecule has 0 fully saturated rings. The summed E-state index contributed by atoms with van der Waals surface area (Å²) >= 11 is 0. The van der Waals surface area contributed by atoms with Crippen LogP contribution in [0, 0.1) is 0 Å². The molecule has 0 atom stereocenters. The largest absolute Gasteiger partial charge is 0.475 e. The number of pyridine rings is 1. The third-order valence-corrected chi connectivity index (χ3v) is 2.80. The average Bonchev–Trinajstić information content (AvgIpc) is 2.97. The molecule has 0 aliphatic heterocycles. The lowest BCUT2D eigenvalue weighted by Gasteiger charge is -2.13. The molecule has 1 N–H and O–H groups in total. The highest BCUT2D eigenvalue weighted by molar-refractivity contribution is 5.75. The van der Waals surface area contributed by atoms with Gasteiger partial charge >= 0.3 is 0 Å². The summed E-state index contributed by atoms with van der Waals surface area (Å²) in [6.07, 6.45) is 5.66. The fourth-order valence-electron chi connectivity index (χ4n) is 1.82. The van der Waals surface area contributed by atoms with Crippen LogP contribution in [-0.2, 0) is 17.9 Å². The van der Waals surface area contributed by atoms with Crippen LogP contribution in [-0.4, -0.2) is 26.8 Å². The second-order valence-electron chi connectivity index (χ2n) is 4.93. The minimum Gasteiger partial charge on any atom is -0.475 e. The van der Waals surface area contributed by atoms with Crippen molar-refractivity contribution in [3.05, 3.63) is 42.4 Å². The van der Waals surface area contributed by atoms with Crippen LogP contribution in [0.2, 0.25) is 0 Å². The normalized spacial score (nSPS) is 10.6. The zero-order valence-electron chi connectivity index (χ0n) is 12.3. The SMILES string of the molecule is CC(C)Oc1ncccc1CNC(=O)CCn1cccn1. The lowest BCUT2D eigenvalue weighted by Crippen LogP contribution is -2.24. The Morgan fingerprint density at radius 3 is 2.95 bits per heavy atom. The van der Waals surface area contributed by atoms with E-state index in [0.29, 0.717) is 25.4 Å². The summed E-state index contributed by atoms with van der Waals surface area (Å²) in [4.78, 5) is 16.0. The van der Waals surface area contributed by atoms with Crippen LogP contribution in [0.1, 0.15) is 25.8 Å². The van der Waals surface area contributed by atoms with Crippen molar-refractivity contribution in [1.29, 1.82) is 0 Å². The Kier molecular flexibility index (Phi) is 5.31. The summed E-state index contributed by atoms with van der Waals surface area (Å²) in [5, 5.41) is 6.93. The van der Waals surface area contributed by atoms with Crippen molar-refractivity contribution < 1.29 is 9.53 Å². The summed E-state index contributed by atoms with van der Waals surface area (Å²) in [5.74, 6) is 0.546. The number of nitrogens with one attached hydrogen (secondary N) is 1. The first-order chi connectivity index (χ1) is 10.1. The third-order valence-electron chi connectivity index (χ3n) is 2.80. The molecule has 2 heterocycles. The maximum absolute atomic E-state index is 11.8. The molecule has 0 saturated carbocycles. The van der Waals surface area contributed by atoms with E-state index in [1.807, 2.05) is 38.2 Å². The van der Waals surface area contributed by atoms with Crippen molar-refractivity contribution in [3.63, 3.8) is 0 Å². The van der Waals surface area contributed by atoms with Gasteiger partial charge in [-0.15, -0.1) is 0 Å². The first-order valence-electron chi connectivity index (χ1n) is 7.00. The molecule has 1 amide bonds. The second kappa shape index (κ2) is 7.42. The standard InChI is InChI=1S/C15H20N4O2/c1-12(2)21-15-13(5-3-7-16-15)11-17-14(20)6-10-19-9-4-8-18-19/h3-5,7-9,12H,6,10-11H2,1-2H3,(H,17,20). The summed E-state index contributed by atoms with van der Waals surface area (Å²) in [5.41, 5.74) is 0.874. The van der Waals surface area contributed by atoms with Crippen molar-refractivity contribution in [2.75, 3.05) is 0 Å². The van der Waals surface area contributed by atoms with E-state index >= 15 is 0 Å². The van der Waals surface area contributed by atoms with Crippen LogP contribution in [0.15, 0.2) is 36.8 Å². The number of ether oxygens (including phenoxy) is 1. The summed E-state index contributed by atoms with van der Waals surface area (Å²) in [6.45, 7) is 4.87. The van der Waals surface area contributed by atoms with E-state index in [4.69, 9.17) is 4.74 Å². The molecule has 6 heteroatoms. The van der Waals surface area contributed by atoms with Crippen LogP contribution >= 0.6 is 0 Å². The summed E-state index contributed by atoms with van der Waals surface area (Å²) < 4.78 is 7.35. The molecule has 0 spiro atoms. The van der Waals surface area contributed by atoms with Gasteiger partial charge in [0.15, 0.2) is 0 Å². The van der Waals surface area contributed by atoms with E-state index in [9.17, 15) is 4.79 Å². The molecule has 0 saturated heterocycles. The van der Waals surface area contributed by atoms with Crippen LogP contribution in [0.3, 0.4) is 0 Å². The van der Waals surface area contributed by atoms with Gasteiger partial charge in [0.1, 0.15) is 0 Å². The van der Waals surface area contributed by atoms with Gasteiger partial charge in [0, 0.05) is 43.7 Å². The number of aromatic nitrogens is 3. The summed E-state index contributed by atoms with van der Waals surface area (Å²) in [7, 11) is 0. The third kappa shape index (κ3) is 4.91. The highest BCUT2D eigenvalue weighted by Gasteiger charge is 2.08. The zero-order chi connectivity index (χ0) is 15.1. The maximum Gasteiger partial charge on any atom is 0.222 e. The molecule has 2 aromatic rings. The molecular weight excluding hydrogens is 268 g/mol. The van der Waals surface area contributed by atoms with Gasteiger partial charge in [0.05, 0.1) is 6.10 Å². The lowest BCUT2D eigenvalue weighted by atomic mass is 10.2. The molecule has 0 aromatic carbocycles. The number of hydrogen-bond donors (Lipinski definition) is 1. The number of carbonyl (C=O) groups is 1. The fraction of sp³-hybridized carbons (Fsp3) is 0.400. The van der Waals surface area contributed by atoms with Gasteiger partial charge in [-0.1, -0.05) is 6.07 Å². The Labute approximate surface area is 124 Å². The summed E-state index contributed by atoms with van der Waals surface area (Å²) in [6, 6.07) is 5.57. The van der Waals surface area contributed by atoms with Gasteiger partial charge in [-0.05, 0) is 26.0 Å². The van der Waals surface area contributed by atoms with Crippen molar-refractivity contribution in [1.82, 2.24) is 20.1 Å². The quantitative estimate of drug-likeness (QED) is 0.843. The van der Waals surface area contributed by atoms with Crippen LogP contribution in [0.25, 0.3) is 0 Å². The van der Waals surface area contributed by atoms with E-state index in [2.05, 4.69) is 15.4 Å². The van der Waals surface area contributed by atoms with E-state index in [1.54, 1.807) is 17.1 Å². The highest BCUT2D eigenvalue weighted by Crippen LogP contribution is 2.15. The Balaban J connectivity index is 1.83. The predicted octanol–water partition coefficient (Wildman–Crippen LogP) is 1.77. The number of hydrogen-bond acceptors (Lipinski definition) is 4. The van der Waals surface area contributed by atoms with Crippen molar-refractivity contribution in [2.45, 2.75) is 39.5 Å². The van der Waals surface area contributed by atoms with Gasteiger partial charge in [0.2, 0.25) is 11.8 Å². The molecule has 112 valence electrons. The predicted molar refractivity (Wildman–Crippen MR) is 78.7 cm³/mol. The highest BCUT2D eigenvalue weighted by atomic mass is 16.5. The van der Waals surface area contributed by atoms with E-state index < -0.39 is 0 Å². The van der Waals surface area contributed by atoms with E-state index in [1.165, 1.54) is 0 Å². The number of nitrogens with zero attached hydrogens (tertiary/aromatic N) is 3. The van der Waals surface area contributed by atoms with Crippen LogP contribution < -0.4 is 10.1 Å². The molecule has 2 rings (SSSR count). The number of carbonyl (C=O) groups excluding carboxylic acids is 1. The fourth-order valence-corrected chi connectivity index (χ4v) is 1.82. The smallest absolute Gasteiger partial charge is 0.222 e. The molecular formula is C15H20N4O2. The van der Waals surface area contributed by atoms with Crippen LogP contribution in [0.4, 0.5) is 0 Å². The van der Waals surface area contributed by atoms with Crippen LogP contribution in [0.5, 0.6) is 5.88 Å². The lowest BCUT2D eigenvalue weighted by molar-refractivity contribution is -0.121. The molecule has 0 bridgehead atoms. The molecule has 6 nitrogen and oxygen atoms in total. The molecule has 21 heavy (non-hydrogen) atoms. The monoisotopic (exact) mass is 288 g/mol. The molecule has 0 unspecified atom stereocenters. The number of rotatable bonds is 7. The number of amides is 1. The van der Waals surface area contributed by atoms with Gasteiger partial charge in [-0.25, -0.2) is 4.98 Å². The minimum absolute atomic E-state index is 0.0233. The average molecular weight is 288 g/mol. The maximum atomic E-state index is 11.8. The second-order valence-corrected chi connectivity index (χ2v) is 4.93. The topological polar surface area (TPSA) is 69.0 Å². The van der Waals surface area contributed by atoms with E-state index in [0.717, 1.165) is 5.56 Å². The Bertz CT molecular complexity index is 567. The number of aryl methyl sites for hydroxylation is 1. The first-order valence-corrected chi connectivity index (χ1v) is 7.00. The molecule has 0 radical (unpaired) electrons. The van der Waals surface area contributed by atoms with Gasteiger partial charge in [-0.2, -0.15) is 5.10 Å². The van der Waals surface area contributed by atoms with Crippen molar-refractivity contribution in [2.24, 2.45) is 0 Å². The Morgan fingerprint density at radius 2 is 2.24 bits per heavy atom. The van der Waals surface area contributed by atoms with Gasteiger partial charge in [0.25, 0.3) is 0 Å². The van der Waals surface area contributed by atoms with Crippen molar-refractivity contribution in [3.8, 4) is 5.88 Å². The molecule has 0 aliphatic rings. The van der Waals surface area contributed by atoms with E-state index in [-0.39, 0.29) is 12.0 Å². The Hall–Kier alpha value is -2.37. The molecule has 2 aromatic heterocycles. The zero-order valence-corrected chi connectivity index (χ0v) is 12.3.